The molecule has 2 N–H and O–H groups in total. The van der Waals surface area contributed by atoms with Crippen LogP contribution < -0.4 is 10.9 Å². The highest BCUT2D eigenvalue weighted by atomic mass is 16.2. The normalized spacial score (nSPS) is 11.1. The molecule has 3 aromatic rings. The van der Waals surface area contributed by atoms with Crippen molar-refractivity contribution in [1.82, 2.24) is 25.1 Å². The van der Waals surface area contributed by atoms with E-state index in [1.54, 1.807) is 0 Å². The SMILES string of the molecule is CC(C)n1cnc2cc(CCNC(=O)c3ccc(=O)[nH]n3)ccc21. The monoisotopic (exact) mass is 325 g/mol. The molecule has 0 aliphatic carbocycles. The Kier molecular flexibility index (Phi) is 4.41. The maximum Gasteiger partial charge on any atom is 0.271 e. The van der Waals surface area contributed by atoms with E-state index >= 15 is 0 Å². The third-order valence-corrected chi connectivity index (χ3v) is 3.81. The molecule has 0 aliphatic rings. The summed E-state index contributed by atoms with van der Waals surface area (Å²) in [5.41, 5.74) is 3.03. The summed E-state index contributed by atoms with van der Waals surface area (Å²) in [6.07, 6.45) is 2.54. The number of rotatable bonds is 5. The Morgan fingerprint density at radius 2 is 2.12 bits per heavy atom. The van der Waals surface area contributed by atoms with Crippen molar-refractivity contribution in [2.24, 2.45) is 0 Å². The van der Waals surface area contributed by atoms with Gasteiger partial charge >= 0.3 is 0 Å². The van der Waals surface area contributed by atoms with Gasteiger partial charge in [-0.1, -0.05) is 6.07 Å². The highest BCUT2D eigenvalue weighted by Gasteiger charge is 2.08. The van der Waals surface area contributed by atoms with Crippen LogP contribution in [0.3, 0.4) is 0 Å². The van der Waals surface area contributed by atoms with Crippen molar-refractivity contribution in [3.63, 3.8) is 0 Å². The number of imidazole rings is 1. The summed E-state index contributed by atoms with van der Waals surface area (Å²) >= 11 is 0. The number of nitrogens with one attached hydrogen (secondary N) is 2. The second-order valence-corrected chi connectivity index (χ2v) is 5.88. The van der Waals surface area contributed by atoms with Gasteiger partial charge in [-0.2, -0.15) is 5.10 Å². The molecule has 1 aromatic carbocycles. The Balaban J connectivity index is 1.62. The van der Waals surface area contributed by atoms with Gasteiger partial charge in [0.15, 0.2) is 0 Å². The Bertz CT molecular complexity index is 906. The fourth-order valence-corrected chi connectivity index (χ4v) is 2.53. The lowest BCUT2D eigenvalue weighted by Gasteiger charge is -2.08. The van der Waals surface area contributed by atoms with Crippen LogP contribution in [0.25, 0.3) is 11.0 Å². The first-order valence-electron chi connectivity index (χ1n) is 7.84. The maximum absolute atomic E-state index is 11.9. The van der Waals surface area contributed by atoms with Crippen molar-refractivity contribution in [3.05, 3.63) is 58.3 Å². The number of fused-ring (bicyclic) bond motifs is 1. The number of aromatic amines is 1. The Morgan fingerprint density at radius 3 is 2.83 bits per heavy atom. The van der Waals surface area contributed by atoms with E-state index in [2.05, 4.69) is 45.0 Å². The zero-order chi connectivity index (χ0) is 17.1. The van der Waals surface area contributed by atoms with E-state index in [1.165, 1.54) is 12.1 Å². The zero-order valence-electron chi connectivity index (χ0n) is 13.6. The maximum atomic E-state index is 11.9. The van der Waals surface area contributed by atoms with Crippen LogP contribution >= 0.6 is 0 Å². The summed E-state index contributed by atoms with van der Waals surface area (Å²) in [5, 5.41) is 8.73. The lowest BCUT2D eigenvalue weighted by Crippen LogP contribution is -2.27. The zero-order valence-corrected chi connectivity index (χ0v) is 13.6. The molecule has 1 amide bonds. The minimum Gasteiger partial charge on any atom is -0.350 e. The van der Waals surface area contributed by atoms with Gasteiger partial charge in [-0.15, -0.1) is 0 Å². The fourth-order valence-electron chi connectivity index (χ4n) is 2.53. The van der Waals surface area contributed by atoms with Gasteiger partial charge in [0.2, 0.25) is 0 Å². The molecule has 0 aliphatic heterocycles. The van der Waals surface area contributed by atoms with Crippen LogP contribution in [0.4, 0.5) is 0 Å². The van der Waals surface area contributed by atoms with E-state index in [-0.39, 0.29) is 17.2 Å². The molecule has 0 radical (unpaired) electrons. The minimum absolute atomic E-state index is 0.195. The Morgan fingerprint density at radius 1 is 1.29 bits per heavy atom. The third-order valence-electron chi connectivity index (χ3n) is 3.81. The fraction of sp³-hybridized carbons (Fsp3) is 0.294. The minimum atomic E-state index is -0.333. The van der Waals surface area contributed by atoms with Gasteiger partial charge in [0, 0.05) is 18.7 Å². The topological polar surface area (TPSA) is 92.7 Å². The van der Waals surface area contributed by atoms with Gasteiger partial charge in [0.1, 0.15) is 5.69 Å². The summed E-state index contributed by atoms with van der Waals surface area (Å²) in [6, 6.07) is 9.19. The van der Waals surface area contributed by atoms with Gasteiger partial charge < -0.3 is 9.88 Å². The molecule has 7 heteroatoms. The number of carbonyl (C=O) groups excluding carboxylic acids is 1. The summed E-state index contributed by atoms with van der Waals surface area (Å²) in [7, 11) is 0. The van der Waals surface area contributed by atoms with Crippen LogP contribution in [0.15, 0.2) is 41.5 Å². The molecule has 0 unspecified atom stereocenters. The molecule has 124 valence electrons. The van der Waals surface area contributed by atoms with Crippen LogP contribution in [-0.4, -0.2) is 32.2 Å². The van der Waals surface area contributed by atoms with Crippen molar-refractivity contribution in [2.75, 3.05) is 6.54 Å². The quantitative estimate of drug-likeness (QED) is 0.746. The number of hydrogen-bond acceptors (Lipinski definition) is 4. The van der Waals surface area contributed by atoms with E-state index in [0.717, 1.165) is 16.6 Å². The van der Waals surface area contributed by atoms with E-state index in [9.17, 15) is 9.59 Å². The predicted octanol–water partition coefficient (Wildman–Crippen LogP) is 1.67. The first-order valence-corrected chi connectivity index (χ1v) is 7.84. The molecule has 2 aromatic heterocycles. The molecule has 2 heterocycles. The number of nitrogens with zero attached hydrogens (tertiary/aromatic N) is 3. The molecule has 0 atom stereocenters. The summed E-state index contributed by atoms with van der Waals surface area (Å²) in [6.45, 7) is 4.72. The lowest BCUT2D eigenvalue weighted by molar-refractivity contribution is 0.0948. The van der Waals surface area contributed by atoms with Gasteiger partial charge in [-0.25, -0.2) is 10.1 Å². The smallest absolute Gasteiger partial charge is 0.271 e. The van der Waals surface area contributed by atoms with Crippen LogP contribution in [-0.2, 0) is 6.42 Å². The first-order chi connectivity index (χ1) is 11.5. The summed E-state index contributed by atoms with van der Waals surface area (Å²) in [4.78, 5) is 27.3. The first kappa shape index (κ1) is 15.9. The predicted molar refractivity (Wildman–Crippen MR) is 91.0 cm³/mol. The average Bonchev–Trinajstić information content (AvgIpc) is 2.99. The highest BCUT2D eigenvalue weighted by Crippen LogP contribution is 2.18. The largest absolute Gasteiger partial charge is 0.350 e. The number of amides is 1. The number of benzene rings is 1. The van der Waals surface area contributed by atoms with Gasteiger partial charge in [-0.05, 0) is 44.0 Å². The molecule has 0 spiro atoms. The molecule has 0 fully saturated rings. The standard InChI is InChI=1S/C17H19N5O2/c1-11(2)22-10-19-14-9-12(3-5-15(14)22)7-8-18-17(24)13-4-6-16(23)21-20-13/h3-6,9-11H,7-8H2,1-2H3,(H,18,24)(H,21,23). The van der Waals surface area contributed by atoms with Crippen molar-refractivity contribution >= 4 is 16.9 Å². The van der Waals surface area contributed by atoms with Crippen molar-refractivity contribution in [2.45, 2.75) is 26.3 Å². The molecular formula is C17H19N5O2. The van der Waals surface area contributed by atoms with Gasteiger partial charge in [0.05, 0.1) is 17.4 Å². The van der Waals surface area contributed by atoms with E-state index in [0.29, 0.717) is 19.0 Å². The van der Waals surface area contributed by atoms with Gasteiger partial charge in [0.25, 0.3) is 11.5 Å². The Labute approximate surface area is 138 Å². The molecule has 7 nitrogen and oxygen atoms in total. The molecule has 0 saturated heterocycles. The van der Waals surface area contributed by atoms with Crippen LogP contribution in [0.1, 0.15) is 35.9 Å². The van der Waals surface area contributed by atoms with E-state index in [1.807, 2.05) is 18.5 Å². The van der Waals surface area contributed by atoms with E-state index in [4.69, 9.17) is 0 Å². The van der Waals surface area contributed by atoms with Crippen molar-refractivity contribution in [3.8, 4) is 0 Å². The molecular weight excluding hydrogens is 306 g/mol. The number of aromatic nitrogens is 4. The second-order valence-electron chi connectivity index (χ2n) is 5.88. The molecule has 3 rings (SSSR count). The van der Waals surface area contributed by atoms with Gasteiger partial charge in [-0.3, -0.25) is 9.59 Å². The van der Waals surface area contributed by atoms with Crippen molar-refractivity contribution < 1.29 is 4.79 Å². The third kappa shape index (κ3) is 3.34. The Hall–Kier alpha value is -2.96. The van der Waals surface area contributed by atoms with E-state index < -0.39 is 0 Å². The van der Waals surface area contributed by atoms with Crippen LogP contribution in [0.2, 0.25) is 0 Å². The average molecular weight is 325 g/mol. The molecule has 0 bridgehead atoms. The molecule has 0 saturated carbocycles. The highest BCUT2D eigenvalue weighted by molar-refractivity contribution is 5.91. The number of hydrogen-bond donors (Lipinski definition) is 2. The van der Waals surface area contributed by atoms with Crippen molar-refractivity contribution in [1.29, 1.82) is 0 Å². The van der Waals surface area contributed by atoms with Crippen LogP contribution in [0, 0.1) is 0 Å². The summed E-state index contributed by atoms with van der Waals surface area (Å²) in [5.74, 6) is -0.309. The summed E-state index contributed by atoms with van der Waals surface area (Å²) < 4.78 is 2.13. The number of carbonyl (C=O) groups is 1. The van der Waals surface area contributed by atoms with Crippen LogP contribution in [0.5, 0.6) is 0 Å². The second kappa shape index (κ2) is 6.66. The number of H-pyrrole nitrogens is 1. The lowest BCUT2D eigenvalue weighted by atomic mass is 10.1. The molecule has 24 heavy (non-hydrogen) atoms.